The van der Waals surface area contributed by atoms with E-state index < -0.39 is 5.72 Å². The van der Waals surface area contributed by atoms with Crippen LogP contribution in [0.1, 0.15) is 36.2 Å². The molecule has 1 aromatic heterocycles. The minimum absolute atomic E-state index is 0.0434. The summed E-state index contributed by atoms with van der Waals surface area (Å²) in [6.45, 7) is 4.56. The molecule has 6 nitrogen and oxygen atoms in total. The molecule has 36 heavy (non-hydrogen) atoms. The molecule has 4 aromatic rings. The zero-order valence-corrected chi connectivity index (χ0v) is 21.8. The molecule has 0 unspecified atom stereocenters. The molecule has 3 aromatic carbocycles. The molecule has 0 aliphatic carbocycles. The van der Waals surface area contributed by atoms with Gasteiger partial charge in [-0.05, 0) is 92.6 Å². The maximum Gasteiger partial charge on any atom is 0.195 e. The van der Waals surface area contributed by atoms with Gasteiger partial charge in [-0.3, -0.25) is 10.1 Å². The van der Waals surface area contributed by atoms with Gasteiger partial charge in [0.25, 0.3) is 0 Å². The summed E-state index contributed by atoms with van der Waals surface area (Å²) in [5, 5.41) is 13.6. The van der Waals surface area contributed by atoms with Gasteiger partial charge in [-0.15, -0.1) is 11.3 Å². The van der Waals surface area contributed by atoms with Crippen molar-refractivity contribution in [1.29, 1.82) is 0 Å². The minimum atomic E-state index is -0.899. The predicted octanol–water partition coefficient (Wildman–Crippen LogP) is 5.90. The van der Waals surface area contributed by atoms with E-state index in [1.807, 2.05) is 54.6 Å². The van der Waals surface area contributed by atoms with Crippen LogP contribution in [0.5, 0.6) is 17.2 Å². The van der Waals surface area contributed by atoms with Gasteiger partial charge in [-0.2, -0.15) is 0 Å². The van der Waals surface area contributed by atoms with Crippen molar-refractivity contribution in [2.45, 2.75) is 26.0 Å². The summed E-state index contributed by atoms with van der Waals surface area (Å²) in [7, 11) is 3.27. The number of nitrogens with one attached hydrogen (secondary N) is 1. The van der Waals surface area contributed by atoms with E-state index >= 15 is 0 Å². The lowest BCUT2D eigenvalue weighted by molar-refractivity contribution is 0.0427. The molecular formula is C29H31NO5S. The molecule has 0 radical (unpaired) electrons. The summed E-state index contributed by atoms with van der Waals surface area (Å²) in [6, 6.07) is 20.8. The number of ketones is 1. The van der Waals surface area contributed by atoms with E-state index in [9.17, 15) is 9.90 Å². The predicted molar refractivity (Wildman–Crippen MR) is 145 cm³/mol. The second kappa shape index (κ2) is 11.1. The third kappa shape index (κ3) is 6.05. The summed E-state index contributed by atoms with van der Waals surface area (Å²) in [4.78, 5) is 14.7. The minimum Gasteiger partial charge on any atom is -0.497 e. The van der Waals surface area contributed by atoms with Crippen LogP contribution in [0.15, 0.2) is 66.7 Å². The van der Waals surface area contributed by atoms with Crippen LogP contribution in [-0.4, -0.2) is 44.0 Å². The molecule has 0 saturated heterocycles. The molecule has 7 heteroatoms. The van der Waals surface area contributed by atoms with Crippen molar-refractivity contribution in [2.24, 2.45) is 0 Å². The molecule has 0 spiro atoms. The number of ether oxygens (including phenoxy) is 3. The molecule has 188 valence electrons. The quantitative estimate of drug-likeness (QED) is 0.150. The Morgan fingerprint density at radius 2 is 1.56 bits per heavy atom. The number of hydrogen-bond donors (Lipinski definition) is 2. The number of carbonyl (C=O) groups excluding carboxylic acids is 1. The first kappa shape index (κ1) is 25.7. The van der Waals surface area contributed by atoms with Gasteiger partial charge >= 0.3 is 0 Å². The lowest BCUT2D eigenvalue weighted by Gasteiger charge is -2.19. The fourth-order valence-electron chi connectivity index (χ4n) is 3.88. The van der Waals surface area contributed by atoms with Crippen LogP contribution in [-0.2, 0) is 0 Å². The van der Waals surface area contributed by atoms with Gasteiger partial charge in [0.15, 0.2) is 5.78 Å². The Bertz CT molecular complexity index is 1320. The van der Waals surface area contributed by atoms with Crippen molar-refractivity contribution in [1.82, 2.24) is 5.32 Å². The molecule has 0 amide bonds. The van der Waals surface area contributed by atoms with Crippen LogP contribution in [0.2, 0.25) is 0 Å². The van der Waals surface area contributed by atoms with E-state index in [2.05, 4.69) is 5.32 Å². The topological polar surface area (TPSA) is 77.0 Å². The van der Waals surface area contributed by atoms with Gasteiger partial charge in [-0.1, -0.05) is 0 Å². The van der Waals surface area contributed by atoms with Gasteiger partial charge in [0.1, 0.15) is 23.0 Å². The number of fused-ring (bicyclic) bond motifs is 1. The molecule has 0 atom stereocenters. The van der Waals surface area contributed by atoms with Gasteiger partial charge in [-0.25, -0.2) is 0 Å². The Balaban J connectivity index is 1.58. The summed E-state index contributed by atoms with van der Waals surface area (Å²) in [5.74, 6) is 2.17. The zero-order chi connectivity index (χ0) is 25.7. The second-order valence-electron chi connectivity index (χ2n) is 8.94. The molecule has 4 rings (SSSR count). The van der Waals surface area contributed by atoms with Crippen LogP contribution in [0.3, 0.4) is 0 Å². The Labute approximate surface area is 215 Å². The average molecular weight is 506 g/mol. The third-order valence-corrected chi connectivity index (χ3v) is 6.94. The molecule has 0 bridgehead atoms. The van der Waals surface area contributed by atoms with Gasteiger partial charge < -0.3 is 19.3 Å². The van der Waals surface area contributed by atoms with Crippen LogP contribution in [0.25, 0.3) is 20.5 Å². The second-order valence-corrected chi connectivity index (χ2v) is 9.99. The lowest BCUT2D eigenvalue weighted by atomic mass is 9.97. The Morgan fingerprint density at radius 3 is 2.19 bits per heavy atom. The van der Waals surface area contributed by atoms with Crippen molar-refractivity contribution in [3.05, 3.63) is 77.9 Å². The molecule has 0 aliphatic heterocycles. The average Bonchev–Trinajstić information content (AvgIpc) is 3.26. The number of carbonyl (C=O) groups is 1. The Kier molecular flexibility index (Phi) is 7.94. The molecule has 1 heterocycles. The van der Waals surface area contributed by atoms with Crippen LogP contribution in [0, 0.1) is 0 Å². The molecule has 0 aliphatic rings. The first-order valence-electron chi connectivity index (χ1n) is 11.8. The number of rotatable bonds is 11. The highest BCUT2D eigenvalue weighted by atomic mass is 32.1. The first-order chi connectivity index (χ1) is 17.3. The van der Waals surface area contributed by atoms with E-state index in [1.54, 1.807) is 51.5 Å². The first-order valence-corrected chi connectivity index (χ1v) is 12.6. The van der Waals surface area contributed by atoms with E-state index in [-0.39, 0.29) is 5.78 Å². The number of aliphatic hydroxyl groups is 1. The van der Waals surface area contributed by atoms with E-state index in [0.29, 0.717) is 30.0 Å². The monoisotopic (exact) mass is 505 g/mol. The fourth-order valence-corrected chi connectivity index (χ4v) is 5.11. The standard InChI is InChI=1S/C29H31NO5S/c1-29(2,32)30-16-5-17-35-22-12-6-19(7-13-22)27(31)26-24-15-14-23(34-4)18-25(24)36-28(26)20-8-10-21(33-3)11-9-20/h6-15,18,30,32H,5,16-17H2,1-4H3. The van der Waals surface area contributed by atoms with Gasteiger partial charge in [0, 0.05) is 32.6 Å². The highest BCUT2D eigenvalue weighted by molar-refractivity contribution is 7.22. The van der Waals surface area contributed by atoms with E-state index in [0.717, 1.165) is 38.4 Å². The molecule has 0 fully saturated rings. The van der Waals surface area contributed by atoms with E-state index in [1.165, 1.54) is 0 Å². The van der Waals surface area contributed by atoms with Crippen LogP contribution >= 0.6 is 11.3 Å². The van der Waals surface area contributed by atoms with Crippen molar-refractivity contribution in [2.75, 3.05) is 27.4 Å². The van der Waals surface area contributed by atoms with Crippen LogP contribution < -0.4 is 19.5 Å². The molecular weight excluding hydrogens is 474 g/mol. The summed E-state index contributed by atoms with van der Waals surface area (Å²) < 4.78 is 17.5. The number of methoxy groups -OCH3 is 2. The molecule has 0 saturated carbocycles. The van der Waals surface area contributed by atoms with Crippen molar-refractivity contribution in [3.63, 3.8) is 0 Å². The van der Waals surface area contributed by atoms with Gasteiger partial charge in [0.2, 0.25) is 0 Å². The zero-order valence-electron chi connectivity index (χ0n) is 21.0. The van der Waals surface area contributed by atoms with Gasteiger partial charge in [0.05, 0.1) is 20.8 Å². The maximum atomic E-state index is 13.8. The van der Waals surface area contributed by atoms with Crippen LogP contribution in [0.4, 0.5) is 0 Å². The number of hydrogen-bond acceptors (Lipinski definition) is 7. The van der Waals surface area contributed by atoms with Crippen molar-refractivity contribution in [3.8, 4) is 27.7 Å². The highest BCUT2D eigenvalue weighted by Gasteiger charge is 2.22. The smallest absolute Gasteiger partial charge is 0.195 e. The summed E-state index contributed by atoms with van der Waals surface area (Å²) in [6.07, 6.45) is 0.750. The van der Waals surface area contributed by atoms with Crippen molar-refractivity contribution >= 4 is 27.2 Å². The van der Waals surface area contributed by atoms with E-state index in [4.69, 9.17) is 14.2 Å². The summed E-state index contributed by atoms with van der Waals surface area (Å²) >= 11 is 1.57. The SMILES string of the molecule is COc1ccc(-c2sc3cc(OC)ccc3c2C(=O)c2ccc(OCCCNC(C)(C)O)cc2)cc1. The molecule has 2 N–H and O–H groups in total. The number of thiophene rings is 1. The number of benzene rings is 3. The normalized spacial score (nSPS) is 11.5. The Hall–Kier alpha value is -3.39. The largest absolute Gasteiger partial charge is 0.497 e. The lowest BCUT2D eigenvalue weighted by Crippen LogP contribution is -2.39. The highest BCUT2D eigenvalue weighted by Crippen LogP contribution is 2.41. The van der Waals surface area contributed by atoms with Crippen molar-refractivity contribution < 1.29 is 24.1 Å². The summed E-state index contributed by atoms with van der Waals surface area (Å²) in [5.41, 5.74) is 1.33. The third-order valence-electron chi connectivity index (χ3n) is 5.74. The maximum absolute atomic E-state index is 13.8. The Morgan fingerprint density at radius 1 is 0.917 bits per heavy atom. The fraction of sp³-hybridized carbons (Fsp3) is 0.276.